The summed E-state index contributed by atoms with van der Waals surface area (Å²) in [7, 11) is 0. The van der Waals surface area contributed by atoms with Crippen LogP contribution in [-0.2, 0) is 9.53 Å². The molecule has 0 aliphatic carbocycles. The zero-order chi connectivity index (χ0) is 22.8. The van der Waals surface area contributed by atoms with Gasteiger partial charge in [-0.2, -0.15) is 0 Å². The van der Waals surface area contributed by atoms with Crippen LogP contribution in [0.5, 0.6) is 0 Å². The summed E-state index contributed by atoms with van der Waals surface area (Å²) < 4.78 is 5.37. The number of carbonyl (C=O) groups excluding carboxylic acids is 1. The van der Waals surface area contributed by atoms with Gasteiger partial charge in [-0.3, -0.25) is 10.5 Å². The number of esters is 1. The van der Waals surface area contributed by atoms with Crippen LogP contribution in [0.4, 0.5) is 0 Å². The third kappa shape index (κ3) is 25.6. The van der Waals surface area contributed by atoms with E-state index in [1.54, 1.807) is 0 Å². The highest BCUT2D eigenvalue weighted by Crippen LogP contribution is 2.14. The van der Waals surface area contributed by atoms with E-state index >= 15 is 0 Å². The first-order chi connectivity index (χ1) is 15.2. The van der Waals surface area contributed by atoms with Crippen molar-refractivity contribution < 1.29 is 9.53 Å². The lowest BCUT2D eigenvalue weighted by Crippen LogP contribution is -2.26. The summed E-state index contributed by atoms with van der Waals surface area (Å²) in [6.07, 6.45) is 29.8. The Kier molecular flexibility index (Phi) is 25.2. The molecular formula is C28H57NO2. The molecule has 0 amide bonds. The number of hydrogen-bond acceptors (Lipinski definition) is 3. The molecule has 1 atom stereocenters. The van der Waals surface area contributed by atoms with E-state index in [1.165, 1.54) is 122 Å². The van der Waals surface area contributed by atoms with Gasteiger partial charge < -0.3 is 4.74 Å². The first-order valence-electron chi connectivity index (χ1n) is 14.2. The van der Waals surface area contributed by atoms with E-state index in [9.17, 15) is 4.79 Å². The van der Waals surface area contributed by atoms with Crippen molar-refractivity contribution in [3.8, 4) is 0 Å². The fraction of sp³-hybridized carbons (Fsp3) is 0.964. The zero-order valence-corrected chi connectivity index (χ0v) is 21.4. The van der Waals surface area contributed by atoms with Gasteiger partial charge in [0.25, 0.3) is 0 Å². The minimum absolute atomic E-state index is 0.105. The summed E-state index contributed by atoms with van der Waals surface area (Å²) in [6.45, 7) is 4.53. The van der Waals surface area contributed by atoms with Gasteiger partial charge in [-0.05, 0) is 19.3 Å². The van der Waals surface area contributed by atoms with Gasteiger partial charge in [-0.15, -0.1) is 0 Å². The fourth-order valence-corrected chi connectivity index (χ4v) is 4.23. The highest BCUT2D eigenvalue weighted by Gasteiger charge is 2.09. The van der Waals surface area contributed by atoms with Gasteiger partial charge in [0.15, 0.2) is 6.23 Å². The van der Waals surface area contributed by atoms with E-state index in [-0.39, 0.29) is 5.97 Å². The van der Waals surface area contributed by atoms with Crippen molar-refractivity contribution in [3.05, 3.63) is 0 Å². The number of ether oxygens (including phenoxy) is 1. The van der Waals surface area contributed by atoms with E-state index in [4.69, 9.17) is 10.5 Å². The van der Waals surface area contributed by atoms with Gasteiger partial charge in [-0.1, -0.05) is 142 Å². The Hall–Kier alpha value is -0.570. The van der Waals surface area contributed by atoms with Crippen LogP contribution >= 0.6 is 0 Å². The second kappa shape index (κ2) is 25.7. The molecule has 0 aliphatic rings. The average Bonchev–Trinajstić information content (AvgIpc) is 2.75. The quantitative estimate of drug-likeness (QED) is 0.0875. The van der Waals surface area contributed by atoms with Crippen molar-refractivity contribution in [1.82, 2.24) is 0 Å². The van der Waals surface area contributed by atoms with Crippen LogP contribution in [-0.4, -0.2) is 12.2 Å². The van der Waals surface area contributed by atoms with Crippen LogP contribution < -0.4 is 5.73 Å². The Balaban J connectivity index is 3.29. The lowest BCUT2D eigenvalue weighted by Gasteiger charge is -2.13. The topological polar surface area (TPSA) is 52.3 Å². The minimum atomic E-state index is -0.404. The van der Waals surface area contributed by atoms with Crippen LogP contribution in [0.1, 0.15) is 168 Å². The maximum atomic E-state index is 11.9. The number of nitrogens with two attached hydrogens (primary N) is 1. The van der Waals surface area contributed by atoms with Gasteiger partial charge in [0.05, 0.1) is 0 Å². The summed E-state index contributed by atoms with van der Waals surface area (Å²) in [5.41, 5.74) is 5.97. The minimum Gasteiger partial charge on any atom is -0.447 e. The number of carbonyl (C=O) groups is 1. The summed E-state index contributed by atoms with van der Waals surface area (Å²) >= 11 is 0. The molecule has 0 aliphatic heterocycles. The van der Waals surface area contributed by atoms with Gasteiger partial charge >= 0.3 is 5.97 Å². The normalized spacial score (nSPS) is 12.2. The zero-order valence-electron chi connectivity index (χ0n) is 21.4. The Labute approximate surface area is 195 Å². The predicted molar refractivity (Wildman–Crippen MR) is 136 cm³/mol. The van der Waals surface area contributed by atoms with Gasteiger partial charge in [0.2, 0.25) is 0 Å². The SMILES string of the molecule is CCCCCCCCCCCCCCCC(=O)OC(N)CCCCCCCCCCC. The molecule has 0 aromatic carbocycles. The van der Waals surface area contributed by atoms with E-state index in [2.05, 4.69) is 13.8 Å². The second-order valence-corrected chi connectivity index (χ2v) is 9.64. The molecule has 0 bridgehead atoms. The van der Waals surface area contributed by atoms with E-state index < -0.39 is 6.23 Å². The predicted octanol–water partition coefficient (Wildman–Crippen LogP) is 9.22. The molecule has 1 unspecified atom stereocenters. The molecule has 0 saturated heterocycles. The summed E-state index contributed by atoms with van der Waals surface area (Å²) in [4.78, 5) is 11.9. The maximum Gasteiger partial charge on any atom is 0.307 e. The molecule has 31 heavy (non-hydrogen) atoms. The maximum absolute atomic E-state index is 11.9. The highest BCUT2D eigenvalue weighted by atomic mass is 16.6. The molecule has 0 spiro atoms. The Morgan fingerprint density at radius 2 is 0.871 bits per heavy atom. The third-order valence-electron chi connectivity index (χ3n) is 6.36. The lowest BCUT2D eigenvalue weighted by molar-refractivity contribution is -0.149. The lowest BCUT2D eigenvalue weighted by atomic mass is 10.0. The van der Waals surface area contributed by atoms with Gasteiger partial charge in [-0.25, -0.2) is 0 Å². The van der Waals surface area contributed by atoms with Crippen molar-refractivity contribution in [2.45, 2.75) is 174 Å². The molecule has 186 valence electrons. The molecule has 3 nitrogen and oxygen atoms in total. The van der Waals surface area contributed by atoms with Crippen LogP contribution in [0.15, 0.2) is 0 Å². The molecule has 0 fully saturated rings. The third-order valence-corrected chi connectivity index (χ3v) is 6.36. The molecule has 0 aromatic rings. The van der Waals surface area contributed by atoms with Crippen molar-refractivity contribution >= 4 is 5.97 Å². The monoisotopic (exact) mass is 439 g/mol. The number of unbranched alkanes of at least 4 members (excludes halogenated alkanes) is 20. The van der Waals surface area contributed by atoms with Crippen molar-refractivity contribution in [1.29, 1.82) is 0 Å². The molecule has 0 saturated carbocycles. The van der Waals surface area contributed by atoms with E-state index in [0.717, 1.165) is 25.7 Å². The van der Waals surface area contributed by atoms with Crippen LogP contribution in [0.2, 0.25) is 0 Å². The second-order valence-electron chi connectivity index (χ2n) is 9.64. The Morgan fingerprint density at radius 3 is 1.26 bits per heavy atom. The van der Waals surface area contributed by atoms with Gasteiger partial charge in [0.1, 0.15) is 0 Å². The molecule has 3 heteroatoms. The average molecular weight is 440 g/mol. The molecule has 0 heterocycles. The smallest absolute Gasteiger partial charge is 0.307 e. The molecule has 0 aromatic heterocycles. The van der Waals surface area contributed by atoms with Crippen LogP contribution in [0.25, 0.3) is 0 Å². The number of rotatable bonds is 25. The van der Waals surface area contributed by atoms with Crippen LogP contribution in [0, 0.1) is 0 Å². The van der Waals surface area contributed by atoms with Crippen molar-refractivity contribution in [2.75, 3.05) is 0 Å². The van der Waals surface area contributed by atoms with Crippen molar-refractivity contribution in [3.63, 3.8) is 0 Å². The van der Waals surface area contributed by atoms with Crippen LogP contribution in [0.3, 0.4) is 0 Å². The largest absolute Gasteiger partial charge is 0.447 e. The number of hydrogen-bond donors (Lipinski definition) is 1. The van der Waals surface area contributed by atoms with E-state index in [0.29, 0.717) is 6.42 Å². The standard InChI is InChI=1S/C28H57NO2/c1-3-5-7-9-11-13-14-15-16-18-20-22-24-26-28(30)31-27(29)25-23-21-19-17-12-10-8-6-4-2/h27H,3-26,29H2,1-2H3. The molecular weight excluding hydrogens is 382 g/mol. The molecule has 0 rings (SSSR count). The first kappa shape index (κ1) is 30.4. The summed E-state index contributed by atoms with van der Waals surface area (Å²) in [5.74, 6) is -0.105. The highest BCUT2D eigenvalue weighted by molar-refractivity contribution is 5.69. The van der Waals surface area contributed by atoms with Gasteiger partial charge in [0, 0.05) is 6.42 Å². The Morgan fingerprint density at radius 1 is 0.548 bits per heavy atom. The molecule has 0 radical (unpaired) electrons. The van der Waals surface area contributed by atoms with E-state index in [1.807, 2.05) is 0 Å². The Bertz CT molecular complexity index is 359. The summed E-state index contributed by atoms with van der Waals surface area (Å²) in [5, 5.41) is 0. The fourth-order valence-electron chi connectivity index (χ4n) is 4.23. The molecule has 2 N–H and O–H groups in total. The van der Waals surface area contributed by atoms with Crippen molar-refractivity contribution in [2.24, 2.45) is 5.73 Å². The summed E-state index contributed by atoms with van der Waals surface area (Å²) in [6, 6.07) is 0. The first-order valence-corrected chi connectivity index (χ1v) is 14.2.